The lowest BCUT2D eigenvalue weighted by atomic mass is 9.76. The number of aromatic hydroxyl groups is 2. The summed E-state index contributed by atoms with van der Waals surface area (Å²) in [6, 6.07) is 6.49. The van der Waals surface area contributed by atoms with Crippen molar-refractivity contribution in [1.29, 1.82) is 0 Å². The van der Waals surface area contributed by atoms with E-state index < -0.39 is 0 Å². The van der Waals surface area contributed by atoms with Gasteiger partial charge in [-0.25, -0.2) is 0 Å². The Kier molecular flexibility index (Phi) is 2.76. The third-order valence-electron chi connectivity index (χ3n) is 3.91. The van der Waals surface area contributed by atoms with Crippen molar-refractivity contribution in [3.63, 3.8) is 0 Å². The molecule has 1 aliphatic carbocycles. The van der Waals surface area contributed by atoms with Crippen LogP contribution in [0.15, 0.2) is 24.3 Å². The summed E-state index contributed by atoms with van der Waals surface area (Å²) in [5.41, 5.74) is 2.83. The molecule has 1 aliphatic rings. The predicted molar refractivity (Wildman–Crippen MR) is 76.9 cm³/mol. The fraction of sp³-hybridized carbons (Fsp3) is 0.188. The first kappa shape index (κ1) is 13.0. The Bertz CT molecular complexity index is 750. The molecule has 0 saturated heterocycles. The molecule has 2 N–H and O–H groups in total. The second-order valence-corrected chi connectivity index (χ2v) is 5.49. The Morgan fingerprint density at radius 2 is 1.85 bits per heavy atom. The number of rotatable bonds is 0. The van der Waals surface area contributed by atoms with Crippen LogP contribution < -0.4 is 0 Å². The van der Waals surface area contributed by atoms with Crippen molar-refractivity contribution in [3.05, 3.63) is 57.1 Å². The summed E-state index contributed by atoms with van der Waals surface area (Å²) in [5, 5.41) is 20.1. The van der Waals surface area contributed by atoms with Crippen LogP contribution in [-0.4, -0.2) is 16.0 Å². The third kappa shape index (κ3) is 1.56. The van der Waals surface area contributed by atoms with Gasteiger partial charge in [0, 0.05) is 11.5 Å². The smallest absolute Gasteiger partial charge is 0.197 e. The molecule has 0 amide bonds. The summed E-state index contributed by atoms with van der Waals surface area (Å²) in [7, 11) is 0. The van der Waals surface area contributed by atoms with Gasteiger partial charge < -0.3 is 10.2 Å². The lowest BCUT2D eigenvalue weighted by Crippen LogP contribution is -2.20. The molecule has 0 radical (unpaired) electrons. The molecule has 0 spiro atoms. The fourth-order valence-corrected chi connectivity index (χ4v) is 3.27. The predicted octanol–water partition coefficient (Wildman–Crippen LogP) is 3.76. The molecule has 0 bridgehead atoms. The Morgan fingerprint density at radius 3 is 2.55 bits per heavy atom. The molecular formula is C16H13ClO3. The SMILES string of the molecule is Cc1cc(O)c(Cl)c2c1C(=O)c1c(O)cccc1[C@H]2C. The van der Waals surface area contributed by atoms with Gasteiger partial charge in [0.05, 0.1) is 10.6 Å². The molecule has 0 aromatic heterocycles. The van der Waals surface area contributed by atoms with Crippen LogP contribution in [0.3, 0.4) is 0 Å². The van der Waals surface area contributed by atoms with Crippen molar-refractivity contribution in [2.75, 3.05) is 0 Å². The minimum absolute atomic E-state index is 0.0198. The summed E-state index contributed by atoms with van der Waals surface area (Å²) in [5.74, 6) is -0.450. The molecule has 0 unspecified atom stereocenters. The molecule has 102 valence electrons. The van der Waals surface area contributed by atoms with Gasteiger partial charge in [-0.3, -0.25) is 4.79 Å². The van der Waals surface area contributed by atoms with E-state index in [2.05, 4.69) is 0 Å². The molecule has 0 aliphatic heterocycles. The van der Waals surface area contributed by atoms with Crippen molar-refractivity contribution in [1.82, 2.24) is 0 Å². The Labute approximate surface area is 121 Å². The number of phenols is 2. The lowest BCUT2D eigenvalue weighted by Gasteiger charge is -2.27. The summed E-state index contributed by atoms with van der Waals surface area (Å²) in [6.07, 6.45) is 0. The van der Waals surface area contributed by atoms with Gasteiger partial charge in [0.1, 0.15) is 11.5 Å². The maximum atomic E-state index is 12.7. The van der Waals surface area contributed by atoms with Gasteiger partial charge in [-0.05, 0) is 35.7 Å². The lowest BCUT2D eigenvalue weighted by molar-refractivity contribution is 0.103. The highest BCUT2D eigenvalue weighted by Gasteiger charge is 2.34. The number of phenolic OH excluding ortho intramolecular Hbond substituents is 2. The Hall–Kier alpha value is -2.00. The number of carbonyl (C=O) groups is 1. The number of aryl methyl sites for hydroxylation is 1. The van der Waals surface area contributed by atoms with Crippen LogP contribution in [0.5, 0.6) is 11.5 Å². The average molecular weight is 289 g/mol. The van der Waals surface area contributed by atoms with Gasteiger partial charge in [0.25, 0.3) is 0 Å². The second-order valence-electron chi connectivity index (χ2n) is 5.11. The molecule has 3 nitrogen and oxygen atoms in total. The number of hydrogen-bond donors (Lipinski definition) is 2. The number of benzene rings is 2. The van der Waals surface area contributed by atoms with E-state index in [1.165, 1.54) is 12.1 Å². The zero-order valence-corrected chi connectivity index (χ0v) is 11.8. The van der Waals surface area contributed by atoms with Crippen molar-refractivity contribution in [3.8, 4) is 11.5 Å². The quantitative estimate of drug-likeness (QED) is 0.776. The number of hydrogen-bond acceptors (Lipinski definition) is 3. The van der Waals surface area contributed by atoms with E-state index in [1.807, 2.05) is 6.92 Å². The minimum Gasteiger partial charge on any atom is -0.507 e. The van der Waals surface area contributed by atoms with Crippen LogP contribution in [0.1, 0.15) is 45.5 Å². The normalized spacial score (nSPS) is 16.8. The molecule has 0 heterocycles. The van der Waals surface area contributed by atoms with Crippen LogP contribution in [0.25, 0.3) is 0 Å². The Balaban J connectivity index is 2.41. The summed E-state index contributed by atoms with van der Waals surface area (Å²) in [6.45, 7) is 3.67. The largest absolute Gasteiger partial charge is 0.507 e. The van der Waals surface area contributed by atoms with E-state index in [-0.39, 0.29) is 28.2 Å². The topological polar surface area (TPSA) is 57.5 Å². The zero-order valence-electron chi connectivity index (χ0n) is 11.1. The Morgan fingerprint density at radius 1 is 1.15 bits per heavy atom. The van der Waals surface area contributed by atoms with Crippen LogP contribution in [-0.2, 0) is 0 Å². The number of ketones is 1. The van der Waals surface area contributed by atoms with E-state index >= 15 is 0 Å². The molecule has 20 heavy (non-hydrogen) atoms. The first-order chi connectivity index (χ1) is 9.43. The molecule has 4 heteroatoms. The van der Waals surface area contributed by atoms with Crippen LogP contribution >= 0.6 is 11.6 Å². The third-order valence-corrected chi connectivity index (χ3v) is 4.30. The molecule has 1 atom stereocenters. The van der Waals surface area contributed by atoms with Gasteiger partial charge >= 0.3 is 0 Å². The van der Waals surface area contributed by atoms with E-state index in [4.69, 9.17) is 11.6 Å². The highest BCUT2D eigenvalue weighted by molar-refractivity contribution is 6.34. The molecule has 2 aromatic carbocycles. The monoisotopic (exact) mass is 288 g/mol. The van der Waals surface area contributed by atoms with Gasteiger partial charge in [-0.2, -0.15) is 0 Å². The number of carbonyl (C=O) groups excluding carboxylic acids is 1. The molecular weight excluding hydrogens is 276 g/mol. The first-order valence-corrected chi connectivity index (χ1v) is 6.69. The number of fused-ring (bicyclic) bond motifs is 2. The van der Waals surface area contributed by atoms with Gasteiger partial charge in [-0.1, -0.05) is 30.7 Å². The summed E-state index contributed by atoms with van der Waals surface area (Å²) >= 11 is 6.18. The summed E-state index contributed by atoms with van der Waals surface area (Å²) in [4.78, 5) is 12.7. The van der Waals surface area contributed by atoms with E-state index in [0.717, 1.165) is 5.56 Å². The van der Waals surface area contributed by atoms with Gasteiger partial charge in [0.2, 0.25) is 0 Å². The molecule has 3 rings (SSSR count). The number of halogens is 1. The second kappa shape index (κ2) is 4.25. The highest BCUT2D eigenvalue weighted by atomic mass is 35.5. The van der Waals surface area contributed by atoms with E-state index in [9.17, 15) is 15.0 Å². The van der Waals surface area contributed by atoms with Gasteiger partial charge in [0.15, 0.2) is 5.78 Å². The van der Waals surface area contributed by atoms with Crippen molar-refractivity contribution in [2.45, 2.75) is 19.8 Å². The van der Waals surface area contributed by atoms with Crippen molar-refractivity contribution < 1.29 is 15.0 Å². The first-order valence-electron chi connectivity index (χ1n) is 6.32. The van der Waals surface area contributed by atoms with Crippen LogP contribution in [0, 0.1) is 6.92 Å². The standard InChI is InChI=1S/C16H13ClO3/c1-7-6-11(19)15(17)13-8(2)9-4-3-5-10(18)14(9)16(20)12(7)13/h3-6,8,18-19H,1-2H3/t8-/m1/s1. The van der Waals surface area contributed by atoms with Crippen LogP contribution in [0.2, 0.25) is 5.02 Å². The summed E-state index contributed by atoms with van der Waals surface area (Å²) < 4.78 is 0. The maximum Gasteiger partial charge on any atom is 0.197 e. The van der Waals surface area contributed by atoms with Crippen molar-refractivity contribution in [2.24, 2.45) is 0 Å². The van der Waals surface area contributed by atoms with E-state index in [1.54, 1.807) is 19.1 Å². The fourth-order valence-electron chi connectivity index (χ4n) is 2.95. The van der Waals surface area contributed by atoms with E-state index in [0.29, 0.717) is 22.3 Å². The van der Waals surface area contributed by atoms with Gasteiger partial charge in [-0.15, -0.1) is 0 Å². The van der Waals surface area contributed by atoms with Crippen LogP contribution in [0.4, 0.5) is 0 Å². The highest BCUT2D eigenvalue weighted by Crippen LogP contribution is 2.46. The van der Waals surface area contributed by atoms with Crippen molar-refractivity contribution >= 4 is 17.4 Å². The molecule has 0 fully saturated rings. The minimum atomic E-state index is -0.245. The maximum absolute atomic E-state index is 12.7. The molecule has 2 aromatic rings. The molecule has 0 saturated carbocycles. The average Bonchev–Trinajstić information content (AvgIpc) is 2.40. The zero-order chi connectivity index (χ0) is 14.6.